The first kappa shape index (κ1) is 20.4. The fourth-order valence-electron chi connectivity index (χ4n) is 1.33. The van der Waals surface area contributed by atoms with Gasteiger partial charge in [-0.2, -0.15) is 35.1 Å². The lowest BCUT2D eigenvalue weighted by molar-refractivity contribution is -0.291. The highest BCUT2D eigenvalue weighted by molar-refractivity contribution is 9.10. The van der Waals surface area contributed by atoms with Crippen LogP contribution in [0.3, 0.4) is 0 Å². The third-order valence-corrected chi connectivity index (χ3v) is 3.15. The molecule has 0 radical (unpaired) electrons. The highest BCUT2D eigenvalue weighted by Gasteiger charge is 2.62. The molecule has 0 bridgehead atoms. The van der Waals surface area contributed by atoms with Crippen LogP contribution in [0.15, 0.2) is 22.7 Å². The molecular formula is C10H7BrClF8N. The van der Waals surface area contributed by atoms with Gasteiger partial charge < -0.3 is 5.73 Å². The van der Waals surface area contributed by atoms with Crippen molar-refractivity contribution in [2.45, 2.75) is 24.3 Å². The van der Waals surface area contributed by atoms with Crippen LogP contribution in [0.4, 0.5) is 35.1 Å². The SMILES string of the molecule is Cl.N[C@H](c1cc(C(F)(F)F)ccc1Br)C(F)(F)C(F)(F)F. The van der Waals surface area contributed by atoms with Crippen molar-refractivity contribution < 1.29 is 35.1 Å². The Morgan fingerprint density at radius 3 is 1.81 bits per heavy atom. The Hall–Kier alpha value is -0.610. The van der Waals surface area contributed by atoms with Gasteiger partial charge in [0.1, 0.15) is 6.04 Å². The normalized spacial score (nSPS) is 14.6. The van der Waals surface area contributed by atoms with Crippen molar-refractivity contribution in [3.05, 3.63) is 33.8 Å². The summed E-state index contributed by atoms with van der Waals surface area (Å²) >= 11 is 2.61. The zero-order valence-corrected chi connectivity index (χ0v) is 12.1. The van der Waals surface area contributed by atoms with E-state index in [9.17, 15) is 35.1 Å². The number of rotatable bonds is 2. The second kappa shape index (κ2) is 6.25. The summed E-state index contributed by atoms with van der Waals surface area (Å²) in [4.78, 5) is 0. The fraction of sp³-hybridized carbons (Fsp3) is 0.400. The number of halogens is 10. The van der Waals surface area contributed by atoms with Crippen LogP contribution in [-0.4, -0.2) is 12.1 Å². The maximum Gasteiger partial charge on any atom is 0.455 e. The smallest absolute Gasteiger partial charge is 0.319 e. The minimum absolute atomic E-state index is 0. The van der Waals surface area contributed by atoms with Crippen molar-refractivity contribution in [3.8, 4) is 0 Å². The topological polar surface area (TPSA) is 26.0 Å². The molecule has 122 valence electrons. The predicted molar refractivity (Wildman–Crippen MR) is 64.3 cm³/mol. The van der Waals surface area contributed by atoms with Gasteiger partial charge in [-0.1, -0.05) is 15.9 Å². The molecule has 0 fully saturated rings. The zero-order chi connectivity index (χ0) is 15.9. The molecule has 0 saturated carbocycles. The molecule has 0 aliphatic heterocycles. The lowest BCUT2D eigenvalue weighted by Crippen LogP contribution is -2.46. The van der Waals surface area contributed by atoms with Gasteiger partial charge in [0.15, 0.2) is 0 Å². The van der Waals surface area contributed by atoms with Gasteiger partial charge in [-0.05, 0) is 23.8 Å². The molecule has 2 N–H and O–H groups in total. The average molecular weight is 409 g/mol. The molecule has 1 atom stereocenters. The summed E-state index contributed by atoms with van der Waals surface area (Å²) in [6, 6.07) is -1.55. The highest BCUT2D eigenvalue weighted by atomic mass is 79.9. The van der Waals surface area contributed by atoms with Gasteiger partial charge in [-0.25, -0.2) is 0 Å². The summed E-state index contributed by atoms with van der Waals surface area (Å²) in [5, 5.41) is 0. The molecule has 0 amide bonds. The Balaban J connectivity index is 0.00000400. The second-order valence-electron chi connectivity index (χ2n) is 3.83. The monoisotopic (exact) mass is 407 g/mol. The summed E-state index contributed by atoms with van der Waals surface area (Å²) in [5.74, 6) is -5.36. The fourth-order valence-corrected chi connectivity index (χ4v) is 1.82. The summed E-state index contributed by atoms with van der Waals surface area (Å²) in [7, 11) is 0. The Bertz CT molecular complexity index is 499. The van der Waals surface area contributed by atoms with Gasteiger partial charge in [0, 0.05) is 4.47 Å². The number of hydrogen-bond donors (Lipinski definition) is 1. The van der Waals surface area contributed by atoms with E-state index in [-0.39, 0.29) is 22.9 Å². The van der Waals surface area contributed by atoms with Crippen molar-refractivity contribution >= 4 is 28.3 Å². The van der Waals surface area contributed by atoms with Crippen LogP contribution in [-0.2, 0) is 6.18 Å². The van der Waals surface area contributed by atoms with Crippen molar-refractivity contribution in [2.75, 3.05) is 0 Å². The Morgan fingerprint density at radius 2 is 1.43 bits per heavy atom. The van der Waals surface area contributed by atoms with Crippen LogP contribution < -0.4 is 5.73 Å². The Morgan fingerprint density at radius 1 is 0.952 bits per heavy atom. The van der Waals surface area contributed by atoms with E-state index < -0.39 is 35.4 Å². The van der Waals surface area contributed by atoms with Crippen LogP contribution in [0.2, 0.25) is 0 Å². The first-order valence-electron chi connectivity index (χ1n) is 4.85. The molecule has 0 aliphatic rings. The first-order valence-corrected chi connectivity index (χ1v) is 5.64. The van der Waals surface area contributed by atoms with E-state index in [1.165, 1.54) is 0 Å². The number of benzene rings is 1. The molecule has 0 heterocycles. The molecule has 1 aromatic carbocycles. The molecule has 0 saturated heterocycles. The predicted octanol–water partition coefficient (Wildman–Crippen LogP) is 5.09. The summed E-state index contributed by atoms with van der Waals surface area (Å²) < 4.78 is 99.5. The Labute approximate surface area is 128 Å². The molecule has 21 heavy (non-hydrogen) atoms. The van der Waals surface area contributed by atoms with Crippen LogP contribution in [0.25, 0.3) is 0 Å². The maximum absolute atomic E-state index is 13.1. The van der Waals surface area contributed by atoms with Gasteiger partial charge in [0.25, 0.3) is 0 Å². The minimum Gasteiger partial charge on any atom is -0.319 e. The number of hydrogen-bond acceptors (Lipinski definition) is 1. The van der Waals surface area contributed by atoms with Gasteiger partial charge in [0.05, 0.1) is 5.56 Å². The molecular weight excluding hydrogens is 401 g/mol. The van der Waals surface area contributed by atoms with Crippen LogP contribution in [0.5, 0.6) is 0 Å². The minimum atomic E-state index is -5.97. The lowest BCUT2D eigenvalue weighted by atomic mass is 9.99. The standard InChI is InChI=1S/C10H6BrF8N.ClH/c11-6-2-1-4(9(14,15)16)3-5(6)7(20)8(12,13)10(17,18)19;/h1-3,7H,20H2;1H/t7-;/m1./s1. The number of alkyl halides is 8. The van der Waals surface area contributed by atoms with E-state index in [0.717, 1.165) is 0 Å². The third-order valence-electron chi connectivity index (χ3n) is 2.43. The first-order chi connectivity index (χ1) is 8.78. The Kier molecular flexibility index (Phi) is 6.07. The van der Waals surface area contributed by atoms with Crippen molar-refractivity contribution in [1.82, 2.24) is 0 Å². The molecule has 0 aliphatic carbocycles. The van der Waals surface area contributed by atoms with Crippen molar-refractivity contribution in [3.63, 3.8) is 0 Å². The second-order valence-corrected chi connectivity index (χ2v) is 4.69. The van der Waals surface area contributed by atoms with Gasteiger partial charge in [-0.3, -0.25) is 0 Å². The van der Waals surface area contributed by atoms with E-state index >= 15 is 0 Å². The van der Waals surface area contributed by atoms with Crippen molar-refractivity contribution in [1.29, 1.82) is 0 Å². The highest BCUT2D eigenvalue weighted by Crippen LogP contribution is 2.45. The van der Waals surface area contributed by atoms with Gasteiger partial charge in [-0.15, -0.1) is 12.4 Å². The van der Waals surface area contributed by atoms with Gasteiger partial charge in [0.2, 0.25) is 0 Å². The molecule has 1 rings (SSSR count). The quantitative estimate of drug-likeness (QED) is 0.678. The maximum atomic E-state index is 13.1. The van der Waals surface area contributed by atoms with E-state index in [2.05, 4.69) is 15.9 Å². The molecule has 0 unspecified atom stereocenters. The van der Waals surface area contributed by atoms with E-state index in [4.69, 9.17) is 5.73 Å². The number of nitrogens with two attached hydrogens (primary N) is 1. The lowest BCUT2D eigenvalue weighted by Gasteiger charge is -2.27. The summed E-state index contributed by atoms with van der Waals surface area (Å²) in [5.41, 5.74) is 2.45. The molecule has 1 nitrogen and oxygen atoms in total. The molecule has 0 aromatic heterocycles. The van der Waals surface area contributed by atoms with E-state index in [0.29, 0.717) is 12.1 Å². The largest absolute Gasteiger partial charge is 0.455 e. The van der Waals surface area contributed by atoms with Gasteiger partial charge >= 0.3 is 18.3 Å². The van der Waals surface area contributed by atoms with E-state index in [1.54, 1.807) is 0 Å². The van der Waals surface area contributed by atoms with Crippen molar-refractivity contribution in [2.24, 2.45) is 5.73 Å². The molecule has 1 aromatic rings. The summed E-state index contributed by atoms with van der Waals surface area (Å²) in [6.07, 6.45) is -10.9. The van der Waals surface area contributed by atoms with Crippen LogP contribution in [0, 0.1) is 0 Å². The van der Waals surface area contributed by atoms with Crippen LogP contribution in [0.1, 0.15) is 17.2 Å². The average Bonchev–Trinajstić information content (AvgIpc) is 2.25. The van der Waals surface area contributed by atoms with Crippen LogP contribution >= 0.6 is 28.3 Å². The molecule has 0 spiro atoms. The zero-order valence-electron chi connectivity index (χ0n) is 9.70. The third kappa shape index (κ3) is 4.19. The van der Waals surface area contributed by atoms with E-state index in [1.807, 2.05) is 0 Å². The molecule has 11 heteroatoms. The summed E-state index contributed by atoms with van der Waals surface area (Å²) in [6.45, 7) is 0.